The molecule has 0 aliphatic rings. The molecule has 2 N–H and O–H groups in total. The lowest BCUT2D eigenvalue weighted by molar-refractivity contribution is -0.120. The summed E-state index contributed by atoms with van der Waals surface area (Å²) in [6.45, 7) is 2.39. The van der Waals surface area contributed by atoms with Gasteiger partial charge in [-0.25, -0.2) is 4.98 Å². The summed E-state index contributed by atoms with van der Waals surface area (Å²) in [6, 6.07) is 10.7. The molecule has 1 amide bonds. The van der Waals surface area contributed by atoms with Crippen LogP contribution < -0.4 is 10.9 Å². The molecule has 8 heteroatoms. The molecule has 7 nitrogen and oxygen atoms in total. The Morgan fingerprint density at radius 2 is 2.15 bits per heavy atom. The number of aromatic nitrogens is 2. The number of nitrogens with zero attached hydrogens (tertiary/aromatic N) is 2. The first-order valence-electron chi connectivity index (χ1n) is 8.67. The number of carbonyl (C=O) groups excluding carboxylic acids is 1. The second-order valence-corrected chi connectivity index (χ2v) is 7.31. The van der Waals surface area contributed by atoms with Gasteiger partial charge in [0.1, 0.15) is 5.76 Å². The van der Waals surface area contributed by atoms with Crippen LogP contribution in [0.4, 0.5) is 0 Å². The third-order valence-corrected chi connectivity index (χ3v) is 5.12. The van der Waals surface area contributed by atoms with Crippen LogP contribution >= 0.6 is 11.8 Å². The number of para-hydroxylation sites is 1. The number of hydrogen-bond donors (Lipinski definition) is 2. The first-order valence-corrected chi connectivity index (χ1v) is 9.55. The molecule has 2 heterocycles. The SMILES string of the molecule is CC(Sc1nc2ccccc2c(=O)n1CCCO)C(=O)NCc1ccco1. The molecule has 1 unspecified atom stereocenters. The second kappa shape index (κ2) is 8.88. The van der Waals surface area contributed by atoms with Crippen molar-refractivity contribution in [2.45, 2.75) is 36.8 Å². The van der Waals surface area contributed by atoms with Gasteiger partial charge in [0.15, 0.2) is 5.16 Å². The van der Waals surface area contributed by atoms with E-state index in [1.54, 1.807) is 43.5 Å². The smallest absolute Gasteiger partial charge is 0.262 e. The highest BCUT2D eigenvalue weighted by molar-refractivity contribution is 8.00. The molecular weight excluding hydrogens is 366 g/mol. The van der Waals surface area contributed by atoms with Crippen molar-refractivity contribution in [3.05, 3.63) is 58.8 Å². The molecule has 142 valence electrons. The fourth-order valence-corrected chi connectivity index (χ4v) is 3.57. The van der Waals surface area contributed by atoms with Crippen molar-refractivity contribution in [1.29, 1.82) is 0 Å². The Bertz CT molecular complexity index is 969. The molecule has 0 bridgehead atoms. The lowest BCUT2D eigenvalue weighted by Crippen LogP contribution is -2.31. The minimum absolute atomic E-state index is 0.0252. The number of aliphatic hydroxyl groups excluding tert-OH is 1. The van der Waals surface area contributed by atoms with E-state index < -0.39 is 5.25 Å². The number of fused-ring (bicyclic) bond motifs is 1. The average molecular weight is 387 g/mol. The highest BCUT2D eigenvalue weighted by Gasteiger charge is 2.19. The normalized spacial score (nSPS) is 12.2. The number of carbonyl (C=O) groups is 1. The van der Waals surface area contributed by atoms with E-state index >= 15 is 0 Å². The van der Waals surface area contributed by atoms with Crippen molar-refractivity contribution in [2.24, 2.45) is 0 Å². The Balaban J connectivity index is 1.81. The summed E-state index contributed by atoms with van der Waals surface area (Å²) in [6.07, 6.45) is 1.99. The van der Waals surface area contributed by atoms with Crippen LogP contribution in [0.15, 0.2) is 57.0 Å². The fraction of sp³-hybridized carbons (Fsp3) is 0.316. The van der Waals surface area contributed by atoms with Crippen LogP contribution in [0.2, 0.25) is 0 Å². The van der Waals surface area contributed by atoms with Crippen LogP contribution in [0.3, 0.4) is 0 Å². The van der Waals surface area contributed by atoms with Gasteiger partial charge in [0.25, 0.3) is 5.56 Å². The van der Waals surface area contributed by atoms with Crippen molar-refractivity contribution < 1.29 is 14.3 Å². The highest BCUT2D eigenvalue weighted by Crippen LogP contribution is 2.23. The molecule has 0 saturated heterocycles. The molecule has 0 saturated carbocycles. The number of thioether (sulfide) groups is 1. The molecule has 0 fully saturated rings. The number of rotatable bonds is 8. The zero-order chi connectivity index (χ0) is 19.2. The lowest BCUT2D eigenvalue weighted by atomic mass is 10.2. The van der Waals surface area contributed by atoms with Gasteiger partial charge in [0.2, 0.25) is 5.91 Å². The van der Waals surface area contributed by atoms with Crippen LogP contribution in [0.1, 0.15) is 19.1 Å². The van der Waals surface area contributed by atoms with Gasteiger partial charge in [0.05, 0.1) is 29.0 Å². The van der Waals surface area contributed by atoms with E-state index in [4.69, 9.17) is 9.52 Å². The van der Waals surface area contributed by atoms with E-state index in [2.05, 4.69) is 10.3 Å². The fourth-order valence-electron chi connectivity index (χ4n) is 2.61. The summed E-state index contributed by atoms with van der Waals surface area (Å²) in [5.41, 5.74) is 0.424. The van der Waals surface area contributed by atoms with Gasteiger partial charge in [-0.2, -0.15) is 0 Å². The summed E-state index contributed by atoms with van der Waals surface area (Å²) in [5, 5.41) is 12.5. The number of amides is 1. The largest absolute Gasteiger partial charge is 0.467 e. The molecule has 1 atom stereocenters. The molecule has 1 aromatic carbocycles. The number of benzene rings is 1. The number of hydrogen-bond acceptors (Lipinski definition) is 6. The molecule has 2 aromatic heterocycles. The number of nitrogens with one attached hydrogen (secondary N) is 1. The molecule has 3 aromatic rings. The maximum absolute atomic E-state index is 12.8. The molecule has 0 spiro atoms. The maximum Gasteiger partial charge on any atom is 0.262 e. The summed E-state index contributed by atoms with van der Waals surface area (Å²) < 4.78 is 6.73. The summed E-state index contributed by atoms with van der Waals surface area (Å²) in [7, 11) is 0. The maximum atomic E-state index is 12.8. The Morgan fingerprint density at radius 3 is 2.89 bits per heavy atom. The van der Waals surface area contributed by atoms with E-state index in [0.717, 1.165) is 0 Å². The van der Waals surface area contributed by atoms with E-state index in [0.29, 0.717) is 41.3 Å². The third kappa shape index (κ3) is 4.58. The zero-order valence-corrected chi connectivity index (χ0v) is 15.7. The lowest BCUT2D eigenvalue weighted by Gasteiger charge is -2.16. The number of aliphatic hydroxyl groups is 1. The zero-order valence-electron chi connectivity index (χ0n) is 14.9. The van der Waals surface area contributed by atoms with Gasteiger partial charge in [-0.1, -0.05) is 23.9 Å². The topological polar surface area (TPSA) is 97.4 Å². The van der Waals surface area contributed by atoms with Crippen LogP contribution in [0, 0.1) is 0 Å². The molecule has 3 rings (SSSR count). The monoisotopic (exact) mass is 387 g/mol. The van der Waals surface area contributed by atoms with Gasteiger partial charge in [-0.15, -0.1) is 0 Å². The van der Waals surface area contributed by atoms with Crippen LogP contribution in [0.25, 0.3) is 10.9 Å². The first kappa shape index (κ1) is 19.2. The predicted octanol–water partition coefficient (Wildman–Crippen LogP) is 2.17. The van der Waals surface area contributed by atoms with Crippen molar-refractivity contribution in [1.82, 2.24) is 14.9 Å². The average Bonchev–Trinajstić information content (AvgIpc) is 3.19. The van der Waals surface area contributed by atoms with Crippen LogP contribution in [-0.4, -0.2) is 32.4 Å². The third-order valence-electron chi connectivity index (χ3n) is 4.03. The number of furan rings is 1. The quantitative estimate of drug-likeness (QED) is 0.454. The summed E-state index contributed by atoms with van der Waals surface area (Å²) >= 11 is 1.22. The van der Waals surface area contributed by atoms with E-state index in [-0.39, 0.29) is 18.1 Å². The van der Waals surface area contributed by atoms with Gasteiger partial charge in [-0.05, 0) is 37.6 Å². The van der Waals surface area contributed by atoms with Gasteiger partial charge >= 0.3 is 0 Å². The minimum atomic E-state index is -0.451. The Hall–Kier alpha value is -2.58. The van der Waals surface area contributed by atoms with Crippen LogP contribution in [0.5, 0.6) is 0 Å². The van der Waals surface area contributed by atoms with Gasteiger partial charge in [-0.3, -0.25) is 14.2 Å². The molecular formula is C19H21N3O4S. The summed E-state index contributed by atoms with van der Waals surface area (Å²) in [5.74, 6) is 0.497. The second-order valence-electron chi connectivity index (χ2n) is 6.00. The molecule has 0 radical (unpaired) electrons. The van der Waals surface area contributed by atoms with E-state index in [1.165, 1.54) is 16.3 Å². The Labute approximate surface area is 160 Å². The Kier molecular flexibility index (Phi) is 6.31. The minimum Gasteiger partial charge on any atom is -0.467 e. The van der Waals surface area contributed by atoms with Crippen LogP contribution in [-0.2, 0) is 17.9 Å². The molecule has 0 aliphatic heterocycles. The van der Waals surface area contributed by atoms with E-state index in [1.807, 2.05) is 6.07 Å². The van der Waals surface area contributed by atoms with Gasteiger partial charge in [0, 0.05) is 13.2 Å². The predicted molar refractivity (Wildman–Crippen MR) is 104 cm³/mol. The van der Waals surface area contributed by atoms with Crippen molar-refractivity contribution in [2.75, 3.05) is 6.61 Å². The standard InChI is InChI=1S/C19H21N3O4S/c1-13(17(24)20-12-14-6-4-11-26-14)27-19-21-16-8-3-2-7-15(16)18(25)22(19)9-5-10-23/h2-4,6-8,11,13,23H,5,9-10,12H2,1H3,(H,20,24). The van der Waals surface area contributed by atoms with Crippen molar-refractivity contribution in [3.8, 4) is 0 Å². The van der Waals surface area contributed by atoms with Gasteiger partial charge < -0.3 is 14.8 Å². The van der Waals surface area contributed by atoms with Crippen molar-refractivity contribution in [3.63, 3.8) is 0 Å². The first-order chi connectivity index (χ1) is 13.1. The van der Waals surface area contributed by atoms with E-state index in [9.17, 15) is 9.59 Å². The molecule has 0 aliphatic carbocycles. The van der Waals surface area contributed by atoms with Crippen molar-refractivity contribution >= 4 is 28.6 Å². The highest BCUT2D eigenvalue weighted by atomic mass is 32.2. The molecule has 27 heavy (non-hydrogen) atoms. The summed E-state index contributed by atoms with van der Waals surface area (Å²) in [4.78, 5) is 29.8. The Morgan fingerprint density at radius 1 is 1.33 bits per heavy atom.